The SMILES string of the molecule is CCn1cc(S(=O)(=O)N2CCCC(NC)C2)c([N+](=O)[O-])n1. The zero-order valence-corrected chi connectivity index (χ0v) is 12.8. The molecule has 2 rings (SSSR count). The maximum absolute atomic E-state index is 12.6. The summed E-state index contributed by atoms with van der Waals surface area (Å²) in [5, 5.41) is 17.8. The van der Waals surface area contributed by atoms with Gasteiger partial charge < -0.3 is 15.4 Å². The molecule has 1 fully saturated rings. The van der Waals surface area contributed by atoms with Crippen LogP contribution in [0.4, 0.5) is 5.82 Å². The van der Waals surface area contributed by atoms with E-state index in [1.807, 2.05) is 0 Å². The molecule has 1 aromatic rings. The summed E-state index contributed by atoms with van der Waals surface area (Å²) in [5.41, 5.74) is 0. The van der Waals surface area contributed by atoms with Gasteiger partial charge in [-0.05, 0) is 31.7 Å². The Morgan fingerprint density at radius 3 is 2.86 bits per heavy atom. The van der Waals surface area contributed by atoms with E-state index in [0.717, 1.165) is 12.8 Å². The minimum Gasteiger partial charge on any atom is -0.358 e. The van der Waals surface area contributed by atoms with Gasteiger partial charge in [0.15, 0.2) is 0 Å². The van der Waals surface area contributed by atoms with Gasteiger partial charge in [0.05, 0.1) is 17.8 Å². The van der Waals surface area contributed by atoms with E-state index in [2.05, 4.69) is 10.4 Å². The number of nitrogens with one attached hydrogen (secondary N) is 1. The van der Waals surface area contributed by atoms with Crippen molar-refractivity contribution in [1.82, 2.24) is 19.4 Å². The fourth-order valence-corrected chi connectivity index (χ4v) is 4.02. The molecule has 0 amide bonds. The van der Waals surface area contributed by atoms with E-state index in [1.165, 1.54) is 15.2 Å². The quantitative estimate of drug-likeness (QED) is 0.613. The van der Waals surface area contributed by atoms with Crippen molar-refractivity contribution in [2.75, 3.05) is 20.1 Å². The fourth-order valence-electron chi connectivity index (χ4n) is 2.40. The standard InChI is InChI=1S/C11H19N5O4S/c1-3-14-8-10(11(13-14)16(17)18)21(19,20)15-6-4-5-9(7-15)12-2/h8-9,12H,3-7H2,1-2H3. The van der Waals surface area contributed by atoms with Crippen LogP contribution in [0.25, 0.3) is 0 Å². The van der Waals surface area contributed by atoms with Gasteiger partial charge in [0.2, 0.25) is 4.90 Å². The first-order valence-corrected chi connectivity index (χ1v) is 8.23. The van der Waals surface area contributed by atoms with Gasteiger partial charge in [-0.3, -0.25) is 0 Å². The first-order chi connectivity index (χ1) is 9.90. The minimum atomic E-state index is -3.90. The lowest BCUT2D eigenvalue weighted by atomic mass is 10.1. The summed E-state index contributed by atoms with van der Waals surface area (Å²) in [7, 11) is -2.13. The summed E-state index contributed by atoms with van der Waals surface area (Å²) in [5.74, 6) is -0.608. The predicted octanol–water partition coefficient (Wildman–Crippen LogP) is 0.184. The molecule has 0 radical (unpaired) electrons. The number of hydrogen-bond acceptors (Lipinski definition) is 6. The van der Waals surface area contributed by atoms with E-state index in [1.54, 1.807) is 14.0 Å². The zero-order chi connectivity index (χ0) is 15.6. The molecule has 0 saturated carbocycles. The van der Waals surface area contributed by atoms with Crippen LogP contribution in [0.15, 0.2) is 11.1 Å². The van der Waals surface area contributed by atoms with Gasteiger partial charge in [-0.25, -0.2) is 8.42 Å². The van der Waals surface area contributed by atoms with Gasteiger partial charge in [0, 0.05) is 19.1 Å². The highest BCUT2D eigenvalue weighted by Gasteiger charge is 2.37. The number of piperidine rings is 1. The predicted molar refractivity (Wildman–Crippen MR) is 75.4 cm³/mol. The molecule has 10 heteroatoms. The second-order valence-corrected chi connectivity index (χ2v) is 6.83. The number of hydrogen-bond donors (Lipinski definition) is 1. The molecule has 1 aliphatic rings. The lowest BCUT2D eigenvalue weighted by Crippen LogP contribution is -2.46. The number of aryl methyl sites for hydroxylation is 1. The van der Waals surface area contributed by atoms with E-state index in [9.17, 15) is 18.5 Å². The Labute approximate surface area is 123 Å². The molecule has 9 nitrogen and oxygen atoms in total. The first kappa shape index (κ1) is 15.9. The second kappa shape index (κ2) is 6.08. The Morgan fingerprint density at radius 1 is 1.57 bits per heavy atom. The van der Waals surface area contributed by atoms with E-state index >= 15 is 0 Å². The molecule has 2 heterocycles. The van der Waals surface area contributed by atoms with Crippen molar-refractivity contribution in [3.63, 3.8) is 0 Å². The number of likely N-dealkylation sites (N-methyl/N-ethyl adjacent to an activating group) is 1. The molecule has 1 atom stereocenters. The molecular formula is C11H19N5O4S. The van der Waals surface area contributed by atoms with Crippen LogP contribution in [-0.4, -0.2) is 53.6 Å². The molecule has 118 valence electrons. The van der Waals surface area contributed by atoms with Crippen molar-refractivity contribution in [2.24, 2.45) is 0 Å². The lowest BCUT2D eigenvalue weighted by Gasteiger charge is -2.31. The van der Waals surface area contributed by atoms with Crippen LogP contribution in [0, 0.1) is 10.1 Å². The number of sulfonamides is 1. The van der Waals surface area contributed by atoms with Crippen molar-refractivity contribution in [2.45, 2.75) is 37.2 Å². The van der Waals surface area contributed by atoms with Gasteiger partial charge >= 0.3 is 5.82 Å². The molecule has 21 heavy (non-hydrogen) atoms. The van der Waals surface area contributed by atoms with Crippen LogP contribution in [0.2, 0.25) is 0 Å². The average molecular weight is 317 g/mol. The Morgan fingerprint density at radius 2 is 2.29 bits per heavy atom. The highest BCUT2D eigenvalue weighted by molar-refractivity contribution is 7.89. The smallest absolute Gasteiger partial charge is 0.358 e. The first-order valence-electron chi connectivity index (χ1n) is 6.79. The van der Waals surface area contributed by atoms with Crippen molar-refractivity contribution in [3.8, 4) is 0 Å². The molecule has 1 aromatic heterocycles. The van der Waals surface area contributed by atoms with E-state index < -0.39 is 20.8 Å². The Kier molecular flexibility index (Phi) is 4.59. The van der Waals surface area contributed by atoms with E-state index in [4.69, 9.17) is 0 Å². The fraction of sp³-hybridized carbons (Fsp3) is 0.727. The van der Waals surface area contributed by atoms with Gasteiger partial charge in [0.25, 0.3) is 10.0 Å². The molecule has 1 aliphatic heterocycles. The highest BCUT2D eigenvalue weighted by Crippen LogP contribution is 2.27. The molecule has 0 bridgehead atoms. The van der Waals surface area contributed by atoms with Gasteiger partial charge in [-0.15, -0.1) is 0 Å². The van der Waals surface area contributed by atoms with Crippen LogP contribution in [0.1, 0.15) is 19.8 Å². The van der Waals surface area contributed by atoms with Crippen molar-refractivity contribution in [1.29, 1.82) is 0 Å². The lowest BCUT2D eigenvalue weighted by molar-refractivity contribution is -0.392. The van der Waals surface area contributed by atoms with Crippen LogP contribution < -0.4 is 5.32 Å². The number of nitro groups is 1. The minimum absolute atomic E-state index is 0.0637. The molecule has 0 aromatic carbocycles. The molecule has 0 aliphatic carbocycles. The van der Waals surface area contributed by atoms with Gasteiger partial charge in [-0.1, -0.05) is 0 Å². The molecule has 1 unspecified atom stereocenters. The van der Waals surface area contributed by atoms with Crippen LogP contribution >= 0.6 is 0 Å². The van der Waals surface area contributed by atoms with Crippen LogP contribution in [0.5, 0.6) is 0 Å². The third-order valence-corrected chi connectivity index (χ3v) is 5.47. The third-order valence-electron chi connectivity index (χ3n) is 3.62. The summed E-state index contributed by atoms with van der Waals surface area (Å²) in [6.07, 6.45) is 2.84. The van der Waals surface area contributed by atoms with Crippen molar-refractivity contribution in [3.05, 3.63) is 16.3 Å². The van der Waals surface area contributed by atoms with Gasteiger partial charge in [0.1, 0.15) is 0 Å². The Hall–Kier alpha value is -1.52. The summed E-state index contributed by atoms with van der Waals surface area (Å²) >= 11 is 0. The summed E-state index contributed by atoms with van der Waals surface area (Å²) in [4.78, 5) is 9.96. The highest BCUT2D eigenvalue weighted by atomic mass is 32.2. The average Bonchev–Trinajstić information content (AvgIpc) is 2.92. The number of rotatable bonds is 5. The van der Waals surface area contributed by atoms with Crippen molar-refractivity contribution >= 4 is 15.8 Å². The molecular weight excluding hydrogens is 298 g/mol. The van der Waals surface area contributed by atoms with Crippen LogP contribution in [-0.2, 0) is 16.6 Å². The maximum Gasteiger partial charge on any atom is 0.410 e. The van der Waals surface area contributed by atoms with E-state index in [-0.39, 0.29) is 10.9 Å². The Bertz CT molecular complexity index is 627. The summed E-state index contributed by atoms with van der Waals surface area (Å²) in [6.45, 7) is 2.79. The third kappa shape index (κ3) is 3.06. The van der Waals surface area contributed by atoms with E-state index in [0.29, 0.717) is 19.6 Å². The summed E-state index contributed by atoms with van der Waals surface area (Å²) < 4.78 is 27.8. The number of aromatic nitrogens is 2. The van der Waals surface area contributed by atoms with Gasteiger partial charge in [-0.2, -0.15) is 8.99 Å². The topological polar surface area (TPSA) is 110 Å². The second-order valence-electron chi connectivity index (χ2n) is 4.92. The maximum atomic E-state index is 12.6. The monoisotopic (exact) mass is 317 g/mol. The normalized spacial score (nSPS) is 20.6. The molecule has 1 N–H and O–H groups in total. The Balaban J connectivity index is 2.39. The zero-order valence-electron chi connectivity index (χ0n) is 12.0. The van der Waals surface area contributed by atoms with Crippen LogP contribution in [0.3, 0.4) is 0 Å². The van der Waals surface area contributed by atoms with Crippen molar-refractivity contribution < 1.29 is 13.3 Å². The number of nitrogens with zero attached hydrogens (tertiary/aromatic N) is 4. The molecule has 1 saturated heterocycles. The largest absolute Gasteiger partial charge is 0.410 e. The molecule has 0 spiro atoms. The summed E-state index contributed by atoms with van der Waals surface area (Å²) in [6, 6.07) is 0.0637.